The first-order chi connectivity index (χ1) is 9.16. The summed E-state index contributed by atoms with van der Waals surface area (Å²) in [5.41, 5.74) is 6.86. The fraction of sp³-hybridized carbons (Fsp3) is 0.231. The fourth-order valence-electron chi connectivity index (χ4n) is 2.21. The number of carbonyl (C=O) groups is 1. The predicted octanol–water partition coefficient (Wildman–Crippen LogP) is 1.04. The molecular formula is C13H14N4O2. The summed E-state index contributed by atoms with van der Waals surface area (Å²) in [6.07, 6.45) is 0. The molecule has 2 heterocycles. The van der Waals surface area contributed by atoms with Gasteiger partial charge in [0.15, 0.2) is 0 Å². The molecule has 98 valence electrons. The first-order valence-corrected chi connectivity index (χ1v) is 6.00. The van der Waals surface area contributed by atoms with Gasteiger partial charge in [-0.15, -0.1) is 0 Å². The number of fused-ring (bicyclic) bond motifs is 1. The second-order valence-electron chi connectivity index (χ2n) is 4.35. The molecule has 0 spiro atoms. The van der Waals surface area contributed by atoms with Crippen LogP contribution in [-0.4, -0.2) is 28.8 Å². The Hall–Kier alpha value is -2.50. The van der Waals surface area contributed by atoms with Gasteiger partial charge in [-0.05, 0) is 12.1 Å². The highest BCUT2D eigenvalue weighted by Crippen LogP contribution is 2.31. The van der Waals surface area contributed by atoms with Gasteiger partial charge in [-0.25, -0.2) is 0 Å². The van der Waals surface area contributed by atoms with Crippen LogP contribution in [0.4, 0.5) is 11.5 Å². The van der Waals surface area contributed by atoms with E-state index in [0.717, 1.165) is 11.4 Å². The number of nitrogens with two attached hydrogens (primary N) is 1. The van der Waals surface area contributed by atoms with E-state index in [1.807, 2.05) is 24.3 Å². The number of rotatable bonds is 1. The number of aryl methyl sites for hydroxylation is 1. The lowest BCUT2D eigenvalue weighted by molar-refractivity contribution is 0.0967. The highest BCUT2D eigenvalue weighted by Gasteiger charge is 2.26. The van der Waals surface area contributed by atoms with Crippen LogP contribution in [0.15, 0.2) is 30.3 Å². The largest absolute Gasteiger partial charge is 0.490 e. The number of amides is 1. The van der Waals surface area contributed by atoms with Crippen molar-refractivity contribution in [1.29, 1.82) is 0 Å². The van der Waals surface area contributed by atoms with Crippen LogP contribution in [-0.2, 0) is 7.05 Å². The van der Waals surface area contributed by atoms with E-state index in [1.165, 1.54) is 4.68 Å². The minimum absolute atomic E-state index is 0.123. The molecule has 2 aromatic rings. The summed E-state index contributed by atoms with van der Waals surface area (Å²) in [6.45, 7) is 0.997. The molecule has 19 heavy (non-hydrogen) atoms. The van der Waals surface area contributed by atoms with E-state index in [0.29, 0.717) is 24.7 Å². The minimum atomic E-state index is -0.123. The van der Waals surface area contributed by atoms with E-state index in [2.05, 4.69) is 5.10 Å². The second kappa shape index (κ2) is 4.31. The Balaban J connectivity index is 2.00. The molecular weight excluding hydrogens is 244 g/mol. The number of ether oxygens (including phenoxy) is 1. The summed E-state index contributed by atoms with van der Waals surface area (Å²) in [6, 6.07) is 9.07. The van der Waals surface area contributed by atoms with Gasteiger partial charge >= 0.3 is 0 Å². The van der Waals surface area contributed by atoms with Gasteiger partial charge in [-0.3, -0.25) is 9.48 Å². The number of para-hydroxylation sites is 2. The van der Waals surface area contributed by atoms with E-state index in [1.54, 1.807) is 18.0 Å². The summed E-state index contributed by atoms with van der Waals surface area (Å²) >= 11 is 0. The number of nitrogens with zero attached hydrogens (tertiary/aromatic N) is 3. The van der Waals surface area contributed by atoms with Crippen LogP contribution in [0.1, 0.15) is 10.5 Å². The molecule has 1 amide bonds. The minimum Gasteiger partial charge on any atom is -0.490 e. The van der Waals surface area contributed by atoms with Crippen LogP contribution in [0.25, 0.3) is 0 Å². The summed E-state index contributed by atoms with van der Waals surface area (Å²) in [5.74, 6) is 0.937. The van der Waals surface area contributed by atoms with Crippen LogP contribution in [0, 0.1) is 0 Å². The number of aromatic nitrogens is 2. The molecule has 3 rings (SSSR count). The van der Waals surface area contributed by atoms with Crippen molar-refractivity contribution >= 4 is 17.4 Å². The van der Waals surface area contributed by atoms with Crippen LogP contribution >= 0.6 is 0 Å². The molecule has 1 aromatic heterocycles. The van der Waals surface area contributed by atoms with Gasteiger partial charge in [0.25, 0.3) is 5.91 Å². The molecule has 2 N–H and O–H groups in total. The summed E-state index contributed by atoms with van der Waals surface area (Å²) in [5, 5.41) is 4.00. The van der Waals surface area contributed by atoms with E-state index < -0.39 is 0 Å². The number of carbonyl (C=O) groups excluding carboxylic acids is 1. The fourth-order valence-corrected chi connectivity index (χ4v) is 2.21. The van der Waals surface area contributed by atoms with Gasteiger partial charge in [0.1, 0.15) is 23.9 Å². The predicted molar refractivity (Wildman–Crippen MR) is 71.2 cm³/mol. The lowest BCUT2D eigenvalue weighted by Crippen LogP contribution is -2.38. The molecule has 1 aromatic carbocycles. The van der Waals surface area contributed by atoms with Gasteiger partial charge in [0.05, 0.1) is 12.2 Å². The monoisotopic (exact) mass is 258 g/mol. The first-order valence-electron chi connectivity index (χ1n) is 6.00. The Morgan fingerprint density at radius 3 is 2.95 bits per heavy atom. The maximum Gasteiger partial charge on any atom is 0.276 e. The van der Waals surface area contributed by atoms with E-state index in [4.69, 9.17) is 10.5 Å². The van der Waals surface area contributed by atoms with Crippen molar-refractivity contribution in [3.05, 3.63) is 36.0 Å². The molecule has 0 bridgehead atoms. The average Bonchev–Trinajstić information content (AvgIpc) is 2.76. The quantitative estimate of drug-likeness (QED) is 0.829. The topological polar surface area (TPSA) is 73.4 Å². The second-order valence-corrected chi connectivity index (χ2v) is 4.35. The zero-order chi connectivity index (χ0) is 13.4. The number of anilines is 2. The van der Waals surface area contributed by atoms with Gasteiger partial charge in [0.2, 0.25) is 0 Å². The van der Waals surface area contributed by atoms with Crippen LogP contribution in [0.2, 0.25) is 0 Å². The molecule has 1 aliphatic rings. The lowest BCUT2D eigenvalue weighted by atomic mass is 10.2. The molecule has 1 aliphatic heterocycles. The lowest BCUT2D eigenvalue weighted by Gasteiger charge is -2.29. The van der Waals surface area contributed by atoms with Crippen molar-refractivity contribution in [1.82, 2.24) is 9.78 Å². The Morgan fingerprint density at radius 2 is 2.21 bits per heavy atom. The normalized spacial score (nSPS) is 13.8. The van der Waals surface area contributed by atoms with Crippen LogP contribution in [0.5, 0.6) is 5.75 Å². The number of hydrogen-bond donors (Lipinski definition) is 1. The summed E-state index contributed by atoms with van der Waals surface area (Å²) in [4.78, 5) is 14.2. The van der Waals surface area contributed by atoms with Gasteiger partial charge in [0, 0.05) is 13.1 Å². The number of hydrogen-bond acceptors (Lipinski definition) is 4. The van der Waals surface area contributed by atoms with E-state index >= 15 is 0 Å². The van der Waals surface area contributed by atoms with Crippen LogP contribution in [0.3, 0.4) is 0 Å². The highest BCUT2D eigenvalue weighted by molar-refractivity contribution is 6.06. The Morgan fingerprint density at radius 1 is 1.42 bits per heavy atom. The van der Waals surface area contributed by atoms with Gasteiger partial charge < -0.3 is 15.4 Å². The summed E-state index contributed by atoms with van der Waals surface area (Å²) in [7, 11) is 1.70. The van der Waals surface area contributed by atoms with Crippen molar-refractivity contribution in [3.8, 4) is 5.75 Å². The molecule has 0 saturated heterocycles. The van der Waals surface area contributed by atoms with Crippen molar-refractivity contribution in [3.63, 3.8) is 0 Å². The van der Waals surface area contributed by atoms with E-state index in [9.17, 15) is 4.79 Å². The molecule has 0 saturated carbocycles. The number of nitrogen functional groups attached to an aromatic ring is 1. The average molecular weight is 258 g/mol. The Labute approximate surface area is 110 Å². The molecule has 0 aliphatic carbocycles. The SMILES string of the molecule is Cn1nc(N)cc1C(=O)N1CCOc2ccccc21. The Bertz CT molecular complexity index is 635. The molecule has 0 atom stereocenters. The molecule has 6 heteroatoms. The zero-order valence-corrected chi connectivity index (χ0v) is 10.5. The van der Waals surface area contributed by atoms with Gasteiger partial charge in [-0.2, -0.15) is 5.10 Å². The maximum absolute atomic E-state index is 12.6. The van der Waals surface area contributed by atoms with Crippen LogP contribution < -0.4 is 15.4 Å². The first kappa shape index (κ1) is 11.6. The maximum atomic E-state index is 12.6. The van der Waals surface area contributed by atoms with Crippen molar-refractivity contribution in [2.75, 3.05) is 23.8 Å². The molecule has 6 nitrogen and oxygen atoms in total. The Kier molecular flexibility index (Phi) is 2.63. The number of benzene rings is 1. The standard InChI is InChI=1S/C13H14N4O2/c1-16-10(8-12(14)15-16)13(18)17-6-7-19-11-5-3-2-4-9(11)17/h2-5,8H,6-7H2,1H3,(H2,14,15). The highest BCUT2D eigenvalue weighted by atomic mass is 16.5. The third-order valence-electron chi connectivity index (χ3n) is 3.09. The van der Waals surface area contributed by atoms with Gasteiger partial charge in [-0.1, -0.05) is 12.1 Å². The zero-order valence-electron chi connectivity index (χ0n) is 10.5. The third-order valence-corrected chi connectivity index (χ3v) is 3.09. The van der Waals surface area contributed by atoms with Crippen molar-refractivity contribution in [2.45, 2.75) is 0 Å². The molecule has 0 radical (unpaired) electrons. The summed E-state index contributed by atoms with van der Waals surface area (Å²) < 4.78 is 7.03. The van der Waals surface area contributed by atoms with Crippen molar-refractivity contribution < 1.29 is 9.53 Å². The smallest absolute Gasteiger partial charge is 0.276 e. The van der Waals surface area contributed by atoms with Crippen molar-refractivity contribution in [2.24, 2.45) is 7.05 Å². The third kappa shape index (κ3) is 1.91. The molecule has 0 unspecified atom stereocenters. The molecule has 0 fully saturated rings. The van der Waals surface area contributed by atoms with E-state index in [-0.39, 0.29) is 5.91 Å².